The Bertz CT molecular complexity index is 421. The van der Waals surface area contributed by atoms with Crippen molar-refractivity contribution in [2.45, 2.75) is 32.7 Å². The van der Waals surface area contributed by atoms with Crippen LogP contribution in [0.1, 0.15) is 38.3 Å². The Kier molecular flexibility index (Phi) is 6.06. The lowest BCUT2D eigenvalue weighted by Gasteiger charge is -2.36. The van der Waals surface area contributed by atoms with Crippen LogP contribution in [0.5, 0.6) is 0 Å². The Morgan fingerprint density at radius 3 is 2.70 bits per heavy atom. The van der Waals surface area contributed by atoms with Gasteiger partial charge in [-0.2, -0.15) is 0 Å². The first kappa shape index (κ1) is 16.0. The average Bonchev–Trinajstić information content (AvgIpc) is 2.45. The van der Waals surface area contributed by atoms with Crippen LogP contribution < -0.4 is 5.32 Å². The second-order valence-electron chi connectivity index (χ2n) is 6.20. The zero-order valence-corrected chi connectivity index (χ0v) is 14.5. The van der Waals surface area contributed by atoms with Crippen molar-refractivity contribution in [3.05, 3.63) is 34.3 Å². The van der Waals surface area contributed by atoms with Gasteiger partial charge in [0.05, 0.1) is 0 Å². The minimum atomic E-state index is 0.431. The number of hydrogen-bond donors (Lipinski definition) is 1. The Morgan fingerprint density at radius 1 is 1.30 bits per heavy atom. The summed E-state index contributed by atoms with van der Waals surface area (Å²) in [5.41, 5.74) is 1.37. The van der Waals surface area contributed by atoms with E-state index in [1.165, 1.54) is 42.5 Å². The van der Waals surface area contributed by atoms with Gasteiger partial charge in [-0.05, 0) is 56.4 Å². The number of hydrogen-bond acceptors (Lipinski definition) is 2. The lowest BCUT2D eigenvalue weighted by Crippen LogP contribution is -2.39. The molecular weight excluding hydrogens is 312 g/mol. The highest BCUT2D eigenvalue weighted by Gasteiger charge is 2.23. The highest BCUT2D eigenvalue weighted by atomic mass is 79.9. The van der Waals surface area contributed by atoms with Crippen LogP contribution in [0.4, 0.5) is 0 Å². The molecule has 0 aromatic heterocycles. The van der Waals surface area contributed by atoms with Crippen molar-refractivity contribution in [3.8, 4) is 0 Å². The number of likely N-dealkylation sites (tertiary alicyclic amines) is 1. The molecule has 0 saturated carbocycles. The molecular formula is C17H27BrN2. The van der Waals surface area contributed by atoms with Gasteiger partial charge in [-0.1, -0.05) is 48.0 Å². The smallest absolute Gasteiger partial charge is 0.0340 e. The molecule has 3 atom stereocenters. The molecule has 0 radical (unpaired) electrons. The first-order valence-electron chi connectivity index (χ1n) is 7.76. The fourth-order valence-electron chi connectivity index (χ4n) is 3.08. The second kappa shape index (κ2) is 7.58. The molecule has 1 aromatic carbocycles. The van der Waals surface area contributed by atoms with E-state index in [0.29, 0.717) is 6.04 Å². The van der Waals surface area contributed by atoms with Crippen LogP contribution >= 0.6 is 15.9 Å². The highest BCUT2D eigenvalue weighted by molar-refractivity contribution is 9.10. The normalized spacial score (nSPS) is 25.6. The SMILES string of the molecule is CNC(CCN1CCC(C)C(C)C1)c1ccccc1Br. The first-order valence-corrected chi connectivity index (χ1v) is 8.55. The van der Waals surface area contributed by atoms with Gasteiger partial charge >= 0.3 is 0 Å². The second-order valence-corrected chi connectivity index (χ2v) is 7.05. The maximum atomic E-state index is 3.67. The van der Waals surface area contributed by atoms with Crippen LogP contribution in [0.25, 0.3) is 0 Å². The van der Waals surface area contributed by atoms with E-state index >= 15 is 0 Å². The molecule has 0 amide bonds. The molecule has 2 nitrogen and oxygen atoms in total. The maximum Gasteiger partial charge on any atom is 0.0340 e. The van der Waals surface area contributed by atoms with Crippen molar-refractivity contribution in [1.82, 2.24) is 10.2 Å². The predicted octanol–water partition coefficient (Wildman–Crippen LogP) is 4.08. The van der Waals surface area contributed by atoms with E-state index in [1.807, 2.05) is 0 Å². The summed E-state index contributed by atoms with van der Waals surface area (Å²) in [5.74, 6) is 1.72. The summed E-state index contributed by atoms with van der Waals surface area (Å²) in [4.78, 5) is 2.63. The van der Waals surface area contributed by atoms with E-state index in [-0.39, 0.29) is 0 Å². The van der Waals surface area contributed by atoms with E-state index in [2.05, 4.69) is 71.3 Å². The summed E-state index contributed by atoms with van der Waals surface area (Å²) in [6.07, 6.45) is 2.51. The van der Waals surface area contributed by atoms with Crippen LogP contribution in [-0.4, -0.2) is 31.6 Å². The minimum absolute atomic E-state index is 0.431. The molecule has 3 heteroatoms. The number of nitrogens with zero attached hydrogens (tertiary/aromatic N) is 1. The number of rotatable bonds is 5. The molecule has 3 unspecified atom stereocenters. The van der Waals surface area contributed by atoms with Crippen molar-refractivity contribution >= 4 is 15.9 Å². The molecule has 1 aromatic rings. The highest BCUT2D eigenvalue weighted by Crippen LogP contribution is 2.27. The summed E-state index contributed by atoms with van der Waals surface area (Å²) < 4.78 is 1.21. The molecule has 20 heavy (non-hydrogen) atoms. The van der Waals surface area contributed by atoms with E-state index in [0.717, 1.165) is 11.8 Å². The van der Waals surface area contributed by atoms with E-state index < -0.39 is 0 Å². The van der Waals surface area contributed by atoms with Crippen LogP contribution in [-0.2, 0) is 0 Å². The van der Waals surface area contributed by atoms with Crippen LogP contribution in [0.15, 0.2) is 28.7 Å². The Balaban J connectivity index is 1.90. The minimum Gasteiger partial charge on any atom is -0.313 e. The van der Waals surface area contributed by atoms with Gasteiger partial charge in [-0.25, -0.2) is 0 Å². The van der Waals surface area contributed by atoms with Crippen LogP contribution in [0.3, 0.4) is 0 Å². The molecule has 112 valence electrons. The molecule has 1 fully saturated rings. The third kappa shape index (κ3) is 4.06. The van der Waals surface area contributed by atoms with Crippen molar-refractivity contribution in [3.63, 3.8) is 0 Å². The number of benzene rings is 1. The van der Waals surface area contributed by atoms with E-state index in [9.17, 15) is 0 Å². The zero-order valence-electron chi connectivity index (χ0n) is 12.9. The summed E-state index contributed by atoms with van der Waals surface area (Å²) in [5, 5.41) is 3.46. The largest absolute Gasteiger partial charge is 0.313 e. The van der Waals surface area contributed by atoms with Gasteiger partial charge < -0.3 is 10.2 Å². The van der Waals surface area contributed by atoms with E-state index in [1.54, 1.807) is 0 Å². The summed E-state index contributed by atoms with van der Waals surface area (Å²) >= 11 is 3.67. The Morgan fingerprint density at radius 2 is 2.05 bits per heavy atom. The molecule has 1 N–H and O–H groups in total. The lowest BCUT2D eigenvalue weighted by molar-refractivity contribution is 0.133. The van der Waals surface area contributed by atoms with Crippen molar-refractivity contribution in [2.24, 2.45) is 11.8 Å². The third-order valence-corrected chi connectivity index (χ3v) is 5.50. The van der Waals surface area contributed by atoms with Crippen molar-refractivity contribution < 1.29 is 0 Å². The van der Waals surface area contributed by atoms with Gasteiger partial charge in [-0.3, -0.25) is 0 Å². The monoisotopic (exact) mass is 338 g/mol. The van der Waals surface area contributed by atoms with Crippen LogP contribution in [0.2, 0.25) is 0 Å². The molecule has 1 saturated heterocycles. The molecule has 0 spiro atoms. The summed E-state index contributed by atoms with van der Waals surface area (Å²) in [6.45, 7) is 8.48. The predicted molar refractivity (Wildman–Crippen MR) is 89.9 cm³/mol. The van der Waals surface area contributed by atoms with Gasteiger partial charge in [0.2, 0.25) is 0 Å². The van der Waals surface area contributed by atoms with Gasteiger partial charge in [0.15, 0.2) is 0 Å². The number of halogens is 1. The quantitative estimate of drug-likeness (QED) is 0.870. The standard InChI is InChI=1S/C17H27BrN2/c1-13-8-10-20(12-14(13)2)11-9-17(19-3)15-6-4-5-7-16(15)18/h4-7,13-14,17,19H,8-12H2,1-3H3. The van der Waals surface area contributed by atoms with Gasteiger partial charge in [0.25, 0.3) is 0 Å². The van der Waals surface area contributed by atoms with Crippen molar-refractivity contribution in [1.29, 1.82) is 0 Å². The van der Waals surface area contributed by atoms with E-state index in [4.69, 9.17) is 0 Å². The van der Waals surface area contributed by atoms with Crippen LogP contribution in [0, 0.1) is 11.8 Å². The summed E-state index contributed by atoms with van der Waals surface area (Å²) in [6, 6.07) is 8.97. The Hall–Kier alpha value is -0.380. The number of nitrogens with one attached hydrogen (secondary N) is 1. The number of piperidine rings is 1. The lowest BCUT2D eigenvalue weighted by atomic mass is 9.88. The molecule has 1 aliphatic rings. The third-order valence-electron chi connectivity index (χ3n) is 4.78. The molecule has 0 aliphatic carbocycles. The fourth-order valence-corrected chi connectivity index (χ4v) is 3.64. The summed E-state index contributed by atoms with van der Waals surface area (Å²) in [7, 11) is 2.06. The molecule has 1 heterocycles. The van der Waals surface area contributed by atoms with Gasteiger partial charge in [0.1, 0.15) is 0 Å². The fraction of sp³-hybridized carbons (Fsp3) is 0.647. The zero-order chi connectivity index (χ0) is 14.5. The van der Waals surface area contributed by atoms with Gasteiger partial charge in [-0.15, -0.1) is 0 Å². The Labute approximate surface area is 132 Å². The average molecular weight is 339 g/mol. The van der Waals surface area contributed by atoms with Gasteiger partial charge in [0, 0.05) is 17.1 Å². The van der Waals surface area contributed by atoms with Crippen molar-refractivity contribution in [2.75, 3.05) is 26.7 Å². The molecule has 0 bridgehead atoms. The molecule has 2 rings (SSSR count). The maximum absolute atomic E-state index is 3.67. The first-order chi connectivity index (χ1) is 9.61. The molecule has 1 aliphatic heterocycles. The topological polar surface area (TPSA) is 15.3 Å².